The summed E-state index contributed by atoms with van der Waals surface area (Å²) in [5.41, 5.74) is 0.0119. The van der Waals surface area contributed by atoms with Crippen LogP contribution in [0.4, 0.5) is 10.7 Å². The summed E-state index contributed by atoms with van der Waals surface area (Å²) in [7, 11) is 3.09. The maximum absolute atomic E-state index is 14.7. The number of aromatic amines is 1. The first-order valence-electron chi connectivity index (χ1n) is 19.7. The smallest absolute Gasteiger partial charge is 0.408 e. The van der Waals surface area contributed by atoms with Gasteiger partial charge in [-0.05, 0) is 80.2 Å². The highest BCUT2D eigenvalue weighted by atomic mass is 32.1. The molecule has 3 aromatic heterocycles. The summed E-state index contributed by atoms with van der Waals surface area (Å²) < 4.78 is 23.6. The number of hydrogen-bond donors (Lipinski definition) is 4. The number of tetrazole rings is 1. The van der Waals surface area contributed by atoms with Crippen molar-refractivity contribution >= 4 is 52.1 Å². The fourth-order valence-corrected chi connectivity index (χ4v) is 8.85. The average molecular weight is 815 g/mol. The van der Waals surface area contributed by atoms with Crippen molar-refractivity contribution in [2.75, 3.05) is 26.1 Å². The first kappa shape index (κ1) is 39.0. The van der Waals surface area contributed by atoms with Crippen molar-refractivity contribution in [1.82, 2.24) is 46.1 Å². The van der Waals surface area contributed by atoms with Gasteiger partial charge < -0.3 is 34.5 Å². The molecule has 4 amide bonds. The zero-order chi connectivity index (χ0) is 40.2. The number of carbonyl (C=O) groups is 4. The Morgan fingerprint density at radius 3 is 2.47 bits per heavy atom. The Kier molecular flexibility index (Phi) is 11.4. The molecule has 0 spiro atoms. The van der Waals surface area contributed by atoms with Crippen LogP contribution in [0.2, 0.25) is 0 Å². The number of benzene rings is 1. The monoisotopic (exact) mass is 814 g/mol. The van der Waals surface area contributed by atoms with E-state index < -0.39 is 47.5 Å². The summed E-state index contributed by atoms with van der Waals surface area (Å²) in [5, 5.41) is 24.0. The van der Waals surface area contributed by atoms with Crippen LogP contribution in [-0.2, 0) is 19.1 Å². The number of fused-ring (bicyclic) bond motifs is 3. The lowest BCUT2D eigenvalue weighted by Crippen LogP contribution is -2.57. The quantitative estimate of drug-likeness (QED) is 0.173. The third kappa shape index (κ3) is 8.12. The van der Waals surface area contributed by atoms with Crippen LogP contribution >= 0.6 is 11.3 Å². The molecule has 0 bridgehead atoms. The number of thiophene rings is 1. The second-order valence-corrected chi connectivity index (χ2v) is 16.0. The largest absolute Gasteiger partial charge is 0.494 e. The van der Waals surface area contributed by atoms with E-state index in [9.17, 15) is 19.2 Å². The fraction of sp³-hybridized carbons (Fsp3) is 0.513. The molecule has 4 aliphatic rings. The highest BCUT2D eigenvalue weighted by Gasteiger charge is 2.61. The van der Waals surface area contributed by atoms with Crippen LogP contribution < -0.4 is 30.2 Å². The van der Waals surface area contributed by atoms with E-state index in [4.69, 9.17) is 28.9 Å². The van der Waals surface area contributed by atoms with Gasteiger partial charge in [-0.2, -0.15) is 5.21 Å². The molecule has 4 N–H and O–H groups in total. The number of H-pyrrole nitrogens is 1. The van der Waals surface area contributed by atoms with Crippen LogP contribution in [0.5, 0.6) is 17.4 Å². The van der Waals surface area contributed by atoms with Gasteiger partial charge in [-0.25, -0.2) is 14.8 Å². The van der Waals surface area contributed by atoms with E-state index in [-0.39, 0.29) is 36.8 Å². The highest BCUT2D eigenvalue weighted by molar-refractivity contribution is 7.13. The molecule has 306 valence electrons. The summed E-state index contributed by atoms with van der Waals surface area (Å²) >= 11 is 1.45. The zero-order valence-corrected chi connectivity index (χ0v) is 33.1. The Hall–Kier alpha value is -5.85. The molecule has 1 saturated heterocycles. The minimum absolute atomic E-state index is 0.0169. The Morgan fingerprint density at radius 1 is 0.966 bits per heavy atom. The highest BCUT2D eigenvalue weighted by Crippen LogP contribution is 2.46. The molecule has 2 saturated carbocycles. The topological polar surface area (TPSA) is 225 Å². The molecule has 19 heteroatoms. The van der Waals surface area contributed by atoms with Crippen molar-refractivity contribution in [2.45, 2.75) is 100 Å². The molecular formula is C39H46N10O8S. The van der Waals surface area contributed by atoms with Crippen molar-refractivity contribution in [3.63, 3.8) is 0 Å². The van der Waals surface area contributed by atoms with Gasteiger partial charge in [0.05, 0.1) is 25.6 Å². The Labute approximate surface area is 337 Å². The van der Waals surface area contributed by atoms with Crippen LogP contribution in [0.3, 0.4) is 0 Å². The van der Waals surface area contributed by atoms with Crippen molar-refractivity contribution in [3.05, 3.63) is 41.8 Å². The van der Waals surface area contributed by atoms with E-state index in [0.29, 0.717) is 47.5 Å². The molecule has 5 heterocycles. The number of nitrogens with one attached hydrogen (secondary N) is 4. The van der Waals surface area contributed by atoms with Crippen LogP contribution in [-0.4, -0.2) is 110 Å². The summed E-state index contributed by atoms with van der Waals surface area (Å²) in [5.74, 6) is -0.705. The number of anilines is 1. The predicted molar refractivity (Wildman–Crippen MR) is 210 cm³/mol. The van der Waals surface area contributed by atoms with Crippen LogP contribution in [0.15, 0.2) is 41.8 Å². The summed E-state index contributed by atoms with van der Waals surface area (Å²) in [6.45, 7) is -0.0169. The van der Waals surface area contributed by atoms with Crippen LogP contribution in [0.25, 0.3) is 21.6 Å². The van der Waals surface area contributed by atoms with Crippen molar-refractivity contribution in [1.29, 1.82) is 0 Å². The second-order valence-electron chi connectivity index (χ2n) is 15.0. The third-order valence-electron chi connectivity index (χ3n) is 11.3. The van der Waals surface area contributed by atoms with E-state index in [0.717, 1.165) is 49.8 Å². The third-order valence-corrected chi connectivity index (χ3v) is 12.1. The summed E-state index contributed by atoms with van der Waals surface area (Å²) in [6, 6.07) is 5.23. The van der Waals surface area contributed by atoms with Crippen LogP contribution in [0.1, 0.15) is 70.6 Å². The number of nitrogens with zero attached hydrogens (tertiary/aromatic N) is 6. The molecule has 18 nitrogen and oxygen atoms in total. The standard InChI is InChI=1S/C39H46N10O8S/c1-54-27-16-17-28(55-2)31-30(27)41-32(29-15-10-18-58-29)34(42-31)56-24-19-26-33(50)44-39(36(52)43-37-45-47-48-46-37)20-22(39)11-6-4-3-5-7-14-25(35(51)49(26)21-24)40-38(53)57-23-12-8-9-13-23/h6,10-11,15-18,22-26H,3-5,7-9,12-14,19-21H2,1-2H3,(H,40,53)(H,44,50)(H2,43,45,46,47,48,52)/b11-6-/t22-,24+,25-,26-,39+/m0/s1. The number of aromatic nitrogens is 6. The lowest BCUT2D eigenvalue weighted by atomic mass is 10.0. The number of alkyl carbamates (subject to hydrolysis) is 1. The molecular weight excluding hydrogens is 769 g/mol. The molecule has 2 aliphatic heterocycles. The van der Waals surface area contributed by atoms with Crippen LogP contribution in [0, 0.1) is 5.92 Å². The first-order valence-corrected chi connectivity index (χ1v) is 20.6. The maximum Gasteiger partial charge on any atom is 0.408 e. The average Bonchev–Trinajstić information content (AvgIpc) is 3.90. The molecule has 5 atom stereocenters. The van der Waals surface area contributed by atoms with Gasteiger partial charge in [-0.1, -0.05) is 36.2 Å². The van der Waals surface area contributed by atoms with E-state index in [1.165, 1.54) is 23.3 Å². The number of methoxy groups -OCH3 is 2. The Morgan fingerprint density at radius 2 is 1.74 bits per heavy atom. The van der Waals surface area contributed by atoms with Crippen molar-refractivity contribution in [3.8, 4) is 28.0 Å². The van der Waals surface area contributed by atoms with Gasteiger partial charge in [-0.15, -0.1) is 16.4 Å². The van der Waals surface area contributed by atoms with Crippen molar-refractivity contribution in [2.24, 2.45) is 5.92 Å². The van der Waals surface area contributed by atoms with Gasteiger partial charge in [-0.3, -0.25) is 19.7 Å². The second kappa shape index (κ2) is 16.9. The number of amides is 4. The van der Waals surface area contributed by atoms with E-state index in [2.05, 4.69) is 36.6 Å². The Bertz CT molecular complexity index is 2160. The zero-order valence-electron chi connectivity index (χ0n) is 32.3. The molecule has 8 rings (SSSR count). The van der Waals surface area contributed by atoms with E-state index in [1.54, 1.807) is 19.2 Å². The SMILES string of the molecule is COc1ccc(OC)c2nc(-c3cccs3)c(O[C@@H]3C[C@H]4C(=O)N[C@]5(C(=O)Nc6nn[nH]n6)C[C@@H]5/C=C\CCCCC[C@H](NC(=O)OC5CCCC5)C(=O)N4C3)nc12. The van der Waals surface area contributed by atoms with Gasteiger partial charge in [0, 0.05) is 12.3 Å². The summed E-state index contributed by atoms with van der Waals surface area (Å²) in [6.07, 6.45) is 9.65. The normalized spacial score (nSPS) is 25.7. The summed E-state index contributed by atoms with van der Waals surface area (Å²) in [4.78, 5) is 68.4. The predicted octanol–water partition coefficient (Wildman–Crippen LogP) is 4.31. The van der Waals surface area contributed by atoms with Crippen molar-refractivity contribution < 1.29 is 38.1 Å². The fourth-order valence-electron chi connectivity index (χ4n) is 8.14. The van der Waals surface area contributed by atoms with Gasteiger partial charge in [0.1, 0.15) is 58.1 Å². The number of hydrogen-bond acceptors (Lipinski definition) is 14. The van der Waals surface area contributed by atoms with Gasteiger partial charge in [0.2, 0.25) is 17.7 Å². The number of ether oxygens (including phenoxy) is 4. The molecule has 1 aromatic carbocycles. The van der Waals surface area contributed by atoms with E-state index >= 15 is 0 Å². The lowest BCUT2D eigenvalue weighted by Gasteiger charge is -2.30. The van der Waals surface area contributed by atoms with Gasteiger partial charge in [0.15, 0.2) is 0 Å². The number of carbonyl (C=O) groups excluding carboxylic acids is 4. The molecule has 3 fully saturated rings. The van der Waals surface area contributed by atoms with E-state index in [1.807, 2.05) is 29.7 Å². The minimum Gasteiger partial charge on any atom is -0.494 e. The molecule has 0 unspecified atom stereocenters. The Balaban J connectivity index is 1.13. The number of rotatable bonds is 9. The minimum atomic E-state index is -1.32. The molecule has 58 heavy (non-hydrogen) atoms. The lowest BCUT2D eigenvalue weighted by molar-refractivity contribution is -0.141. The molecule has 2 aliphatic carbocycles. The molecule has 4 aromatic rings. The maximum atomic E-state index is 14.7. The first-order chi connectivity index (χ1) is 28.3. The number of allylic oxidation sites excluding steroid dienone is 1. The molecule has 0 radical (unpaired) electrons. The van der Waals surface area contributed by atoms with Gasteiger partial charge >= 0.3 is 6.09 Å². The van der Waals surface area contributed by atoms with Gasteiger partial charge in [0.25, 0.3) is 11.9 Å².